The molecule has 4 aliphatic carbocycles. The predicted octanol–water partition coefficient (Wildman–Crippen LogP) is 5.79. The SMILES string of the molecule is C[C@@H]1CC[C@@]2(OC1)O[C@H]1C[C@@H]3[C@@H]4CC[C@H]5C[C@@H](O)CC[C@]5(C)[C@H]4CC[C@]3(C)[C@H]1[C@@H]2C. The van der Waals surface area contributed by atoms with Crippen LogP contribution in [0.15, 0.2) is 0 Å². The number of rotatable bonds is 0. The first-order chi connectivity index (χ1) is 14.3. The van der Waals surface area contributed by atoms with E-state index >= 15 is 0 Å². The summed E-state index contributed by atoms with van der Waals surface area (Å²) >= 11 is 0. The van der Waals surface area contributed by atoms with Gasteiger partial charge in [0.2, 0.25) is 0 Å². The number of aliphatic hydroxyl groups excluding tert-OH is 1. The van der Waals surface area contributed by atoms with Gasteiger partial charge in [-0.3, -0.25) is 0 Å². The highest BCUT2D eigenvalue weighted by molar-refractivity contribution is 5.15. The van der Waals surface area contributed by atoms with Crippen LogP contribution in [-0.2, 0) is 9.47 Å². The first kappa shape index (κ1) is 20.5. The average molecular weight is 417 g/mol. The third-order valence-corrected chi connectivity index (χ3v) is 11.9. The molecule has 0 aromatic rings. The van der Waals surface area contributed by atoms with Crippen LogP contribution >= 0.6 is 0 Å². The maximum Gasteiger partial charge on any atom is 0.171 e. The molecule has 0 amide bonds. The van der Waals surface area contributed by atoms with Gasteiger partial charge in [-0.15, -0.1) is 0 Å². The van der Waals surface area contributed by atoms with Crippen molar-refractivity contribution in [3.8, 4) is 0 Å². The van der Waals surface area contributed by atoms with Crippen molar-refractivity contribution in [1.82, 2.24) is 0 Å². The second-order valence-electron chi connectivity index (χ2n) is 13.1. The highest BCUT2D eigenvalue weighted by atomic mass is 16.7. The minimum atomic E-state index is -0.282. The Hall–Kier alpha value is -0.120. The number of ether oxygens (including phenoxy) is 2. The van der Waals surface area contributed by atoms with Gasteiger partial charge in [0.1, 0.15) is 0 Å². The molecule has 4 saturated carbocycles. The van der Waals surface area contributed by atoms with Crippen LogP contribution in [0, 0.1) is 52.3 Å². The predicted molar refractivity (Wildman–Crippen MR) is 118 cm³/mol. The second-order valence-corrected chi connectivity index (χ2v) is 13.1. The molecular formula is C27H44O3. The van der Waals surface area contributed by atoms with Gasteiger partial charge >= 0.3 is 0 Å². The molecule has 2 aliphatic heterocycles. The number of hydrogen-bond donors (Lipinski definition) is 1. The Bertz CT molecular complexity index is 684. The van der Waals surface area contributed by atoms with E-state index in [2.05, 4.69) is 27.7 Å². The normalized spacial score (nSPS) is 62.5. The zero-order valence-corrected chi connectivity index (χ0v) is 19.7. The van der Waals surface area contributed by atoms with E-state index in [9.17, 15) is 5.11 Å². The molecule has 2 heterocycles. The van der Waals surface area contributed by atoms with Crippen molar-refractivity contribution < 1.29 is 14.6 Å². The lowest BCUT2D eigenvalue weighted by Crippen LogP contribution is -2.55. The maximum absolute atomic E-state index is 10.3. The molecule has 12 atom stereocenters. The van der Waals surface area contributed by atoms with E-state index in [0.717, 1.165) is 49.5 Å². The van der Waals surface area contributed by atoms with E-state index in [-0.39, 0.29) is 11.9 Å². The van der Waals surface area contributed by atoms with Crippen molar-refractivity contribution in [2.75, 3.05) is 6.61 Å². The molecule has 1 N–H and O–H groups in total. The quantitative estimate of drug-likeness (QED) is 0.543. The smallest absolute Gasteiger partial charge is 0.171 e. The lowest BCUT2D eigenvalue weighted by Gasteiger charge is -2.61. The summed E-state index contributed by atoms with van der Waals surface area (Å²) in [6.45, 7) is 10.9. The molecule has 1 spiro atoms. The van der Waals surface area contributed by atoms with Crippen LogP contribution in [0.5, 0.6) is 0 Å². The third-order valence-electron chi connectivity index (χ3n) is 11.9. The Balaban J connectivity index is 1.26. The van der Waals surface area contributed by atoms with Crippen LogP contribution < -0.4 is 0 Å². The first-order valence-corrected chi connectivity index (χ1v) is 13.3. The fourth-order valence-corrected chi connectivity index (χ4v) is 10.3. The maximum atomic E-state index is 10.3. The molecule has 6 fully saturated rings. The molecule has 0 bridgehead atoms. The van der Waals surface area contributed by atoms with Crippen molar-refractivity contribution in [3.63, 3.8) is 0 Å². The highest BCUT2D eigenvalue weighted by Gasteiger charge is 2.69. The Morgan fingerprint density at radius 3 is 2.40 bits per heavy atom. The Kier molecular flexibility index (Phi) is 4.58. The minimum absolute atomic E-state index is 0.0389. The van der Waals surface area contributed by atoms with Gasteiger partial charge in [0, 0.05) is 12.3 Å². The fourth-order valence-electron chi connectivity index (χ4n) is 10.3. The minimum Gasteiger partial charge on any atom is -0.393 e. The molecule has 0 aromatic carbocycles. The second kappa shape index (κ2) is 6.70. The zero-order valence-electron chi connectivity index (χ0n) is 19.7. The summed E-state index contributed by atoms with van der Waals surface area (Å²) in [4.78, 5) is 0. The third kappa shape index (κ3) is 2.61. The van der Waals surface area contributed by atoms with Crippen molar-refractivity contribution in [1.29, 1.82) is 0 Å². The van der Waals surface area contributed by atoms with Crippen LogP contribution in [-0.4, -0.2) is 29.7 Å². The summed E-state index contributed by atoms with van der Waals surface area (Å²) in [6, 6.07) is 0. The summed E-state index contributed by atoms with van der Waals surface area (Å²) in [5.74, 6) is 4.93. The van der Waals surface area contributed by atoms with Crippen LogP contribution in [0.2, 0.25) is 0 Å². The summed E-state index contributed by atoms with van der Waals surface area (Å²) in [5, 5.41) is 10.3. The van der Waals surface area contributed by atoms with Crippen molar-refractivity contribution in [2.24, 2.45) is 52.3 Å². The summed E-state index contributed by atoms with van der Waals surface area (Å²) in [7, 11) is 0. The summed E-state index contributed by atoms with van der Waals surface area (Å²) in [5.41, 5.74) is 0.899. The van der Waals surface area contributed by atoms with Crippen molar-refractivity contribution in [2.45, 2.75) is 110 Å². The van der Waals surface area contributed by atoms with Crippen LogP contribution in [0.3, 0.4) is 0 Å². The molecule has 3 nitrogen and oxygen atoms in total. The zero-order chi connectivity index (χ0) is 20.9. The lowest BCUT2D eigenvalue weighted by molar-refractivity contribution is -0.273. The molecule has 30 heavy (non-hydrogen) atoms. The van der Waals surface area contributed by atoms with Gasteiger partial charge in [0.25, 0.3) is 0 Å². The standard InChI is InChI=1S/C27H44O3/c1-16-7-12-27(29-15-16)17(2)24-23(30-27)14-22-20-6-5-18-13-19(28)8-10-25(18,3)21(20)9-11-26(22,24)4/h16-24,28H,5-15H2,1-4H3/t16-,17+,18+,19+,20-,21+,22-,23+,24+,25+,26+,27-/m1/s1. The van der Waals surface area contributed by atoms with E-state index < -0.39 is 0 Å². The Morgan fingerprint density at radius 1 is 0.833 bits per heavy atom. The molecule has 0 aromatic heterocycles. The Morgan fingerprint density at radius 2 is 1.63 bits per heavy atom. The fraction of sp³-hybridized carbons (Fsp3) is 1.00. The van der Waals surface area contributed by atoms with Gasteiger partial charge in [-0.1, -0.05) is 27.7 Å². The molecule has 3 heteroatoms. The van der Waals surface area contributed by atoms with Gasteiger partial charge in [-0.25, -0.2) is 0 Å². The van der Waals surface area contributed by atoms with Gasteiger partial charge in [-0.2, -0.15) is 0 Å². The molecule has 6 rings (SSSR count). The number of hydrogen-bond acceptors (Lipinski definition) is 3. The number of fused-ring (bicyclic) bond motifs is 7. The van der Waals surface area contributed by atoms with E-state index in [4.69, 9.17) is 9.47 Å². The molecule has 2 saturated heterocycles. The van der Waals surface area contributed by atoms with Crippen LogP contribution in [0.1, 0.15) is 91.9 Å². The highest BCUT2D eigenvalue weighted by Crippen LogP contribution is 2.71. The van der Waals surface area contributed by atoms with Gasteiger partial charge < -0.3 is 14.6 Å². The molecule has 0 unspecified atom stereocenters. The summed E-state index contributed by atoms with van der Waals surface area (Å²) in [6.07, 6.45) is 12.9. The van der Waals surface area contributed by atoms with Gasteiger partial charge in [-0.05, 0) is 104 Å². The van der Waals surface area contributed by atoms with Gasteiger partial charge in [0.15, 0.2) is 5.79 Å². The molecule has 170 valence electrons. The Labute approximate surface area is 183 Å². The number of aliphatic hydroxyl groups is 1. The van der Waals surface area contributed by atoms with Crippen molar-refractivity contribution >= 4 is 0 Å². The van der Waals surface area contributed by atoms with E-state index in [1.807, 2.05) is 0 Å². The van der Waals surface area contributed by atoms with E-state index in [0.29, 0.717) is 34.7 Å². The lowest BCUT2D eigenvalue weighted by atomic mass is 9.44. The molecular weight excluding hydrogens is 372 g/mol. The monoisotopic (exact) mass is 416 g/mol. The van der Waals surface area contributed by atoms with Crippen LogP contribution in [0.25, 0.3) is 0 Å². The molecule has 0 radical (unpaired) electrons. The van der Waals surface area contributed by atoms with E-state index in [1.165, 1.54) is 44.9 Å². The first-order valence-electron chi connectivity index (χ1n) is 13.3. The van der Waals surface area contributed by atoms with Gasteiger partial charge in [0.05, 0.1) is 18.8 Å². The van der Waals surface area contributed by atoms with Crippen LogP contribution in [0.4, 0.5) is 0 Å². The average Bonchev–Trinajstić information content (AvgIpc) is 3.16. The largest absolute Gasteiger partial charge is 0.393 e. The molecule has 6 aliphatic rings. The van der Waals surface area contributed by atoms with Crippen molar-refractivity contribution in [3.05, 3.63) is 0 Å². The topological polar surface area (TPSA) is 38.7 Å². The van der Waals surface area contributed by atoms with E-state index in [1.54, 1.807) is 0 Å². The summed E-state index contributed by atoms with van der Waals surface area (Å²) < 4.78 is 13.4.